The molecule has 184 valence electrons. The maximum Gasteiger partial charge on any atom is 0.326 e. The summed E-state index contributed by atoms with van der Waals surface area (Å²) in [5.74, 6) is -5.06. The van der Waals surface area contributed by atoms with E-state index in [1.807, 2.05) is 4.72 Å². The molecule has 0 aliphatic heterocycles. The number of benzene rings is 3. The van der Waals surface area contributed by atoms with Gasteiger partial charge in [-0.3, -0.25) is 9.52 Å². The van der Waals surface area contributed by atoms with E-state index in [9.17, 15) is 31.9 Å². The second-order valence-electron chi connectivity index (χ2n) is 7.16. The lowest BCUT2D eigenvalue weighted by Gasteiger charge is -2.18. The largest absolute Gasteiger partial charge is 0.480 e. The Morgan fingerprint density at radius 2 is 1.60 bits per heavy atom. The van der Waals surface area contributed by atoms with Gasteiger partial charge in [-0.15, -0.1) is 0 Å². The Bertz CT molecular complexity index is 1400. The average Bonchev–Trinajstić information content (AvgIpc) is 2.75. The number of amides is 1. The Labute approximate surface area is 213 Å². The van der Waals surface area contributed by atoms with Gasteiger partial charge in [0.1, 0.15) is 17.7 Å². The minimum atomic E-state index is -4.83. The number of sulfonamides is 1. The maximum absolute atomic E-state index is 14.1. The zero-order valence-corrected chi connectivity index (χ0v) is 20.4. The van der Waals surface area contributed by atoms with Gasteiger partial charge in [0.05, 0.1) is 21.3 Å². The molecule has 0 unspecified atom stereocenters. The molecule has 0 bridgehead atoms. The zero-order valence-electron chi connectivity index (χ0n) is 17.4. The lowest BCUT2D eigenvalue weighted by molar-refractivity contribution is -0.139. The summed E-state index contributed by atoms with van der Waals surface area (Å²) in [6.45, 7) is 0. The Morgan fingerprint density at radius 1 is 0.943 bits per heavy atom. The van der Waals surface area contributed by atoms with Crippen molar-refractivity contribution in [1.82, 2.24) is 5.32 Å². The Hall–Kier alpha value is -2.92. The van der Waals surface area contributed by atoms with Crippen molar-refractivity contribution in [1.29, 1.82) is 0 Å². The highest BCUT2D eigenvalue weighted by atomic mass is 35.5. The number of aliphatic carboxylic acids is 1. The van der Waals surface area contributed by atoms with Gasteiger partial charge in [-0.25, -0.2) is 22.0 Å². The quantitative estimate of drug-likeness (QED) is 0.351. The van der Waals surface area contributed by atoms with Gasteiger partial charge in [-0.05, 0) is 48.0 Å². The summed E-state index contributed by atoms with van der Waals surface area (Å²) >= 11 is 17.7. The van der Waals surface area contributed by atoms with E-state index in [0.29, 0.717) is 5.56 Å². The number of anilines is 1. The van der Waals surface area contributed by atoms with E-state index < -0.39 is 50.2 Å². The van der Waals surface area contributed by atoms with E-state index in [1.165, 1.54) is 24.3 Å². The van der Waals surface area contributed by atoms with Gasteiger partial charge in [-0.2, -0.15) is 0 Å². The van der Waals surface area contributed by atoms with Crippen LogP contribution in [-0.2, 0) is 21.2 Å². The van der Waals surface area contributed by atoms with Gasteiger partial charge in [0, 0.05) is 11.4 Å². The molecule has 13 heteroatoms. The third-order valence-electron chi connectivity index (χ3n) is 4.69. The van der Waals surface area contributed by atoms with Crippen molar-refractivity contribution >= 4 is 62.4 Å². The SMILES string of the molecule is O=C(N[C@@H](Cc1ccc(Cl)c(Cl)c1)C(=O)O)c1ccc(Cl)cc1NS(=O)(=O)c1c(F)cccc1F. The van der Waals surface area contributed by atoms with Gasteiger partial charge in [0.25, 0.3) is 15.9 Å². The highest BCUT2D eigenvalue weighted by molar-refractivity contribution is 7.92. The predicted molar refractivity (Wildman–Crippen MR) is 128 cm³/mol. The fourth-order valence-corrected chi connectivity index (χ4v) is 4.78. The summed E-state index contributed by atoms with van der Waals surface area (Å²) in [5, 5.41) is 12.3. The highest BCUT2D eigenvalue weighted by Crippen LogP contribution is 2.27. The van der Waals surface area contributed by atoms with E-state index in [-0.39, 0.29) is 27.1 Å². The predicted octanol–water partition coefficient (Wildman–Crippen LogP) is 5.15. The number of rotatable bonds is 8. The van der Waals surface area contributed by atoms with Crippen molar-refractivity contribution in [3.8, 4) is 0 Å². The molecule has 0 saturated carbocycles. The molecule has 0 heterocycles. The first kappa shape index (κ1) is 26.7. The average molecular weight is 564 g/mol. The number of halogens is 5. The zero-order chi connectivity index (χ0) is 25.9. The molecular formula is C22H15Cl3F2N2O5S. The van der Waals surface area contributed by atoms with Gasteiger partial charge >= 0.3 is 5.97 Å². The van der Waals surface area contributed by atoms with Crippen LogP contribution in [0.15, 0.2) is 59.5 Å². The molecule has 7 nitrogen and oxygen atoms in total. The van der Waals surface area contributed by atoms with Crippen LogP contribution in [0.3, 0.4) is 0 Å². The van der Waals surface area contributed by atoms with Crippen LogP contribution in [0.2, 0.25) is 15.1 Å². The van der Waals surface area contributed by atoms with Gasteiger partial charge in [-0.1, -0.05) is 46.9 Å². The summed E-state index contributed by atoms with van der Waals surface area (Å²) in [6.07, 6.45) is -0.174. The van der Waals surface area contributed by atoms with Crippen molar-refractivity contribution in [3.05, 3.63) is 92.4 Å². The van der Waals surface area contributed by atoms with Crippen molar-refractivity contribution < 1.29 is 31.9 Å². The second-order valence-corrected chi connectivity index (χ2v) is 10.0. The van der Waals surface area contributed by atoms with E-state index in [2.05, 4.69) is 5.32 Å². The fraction of sp³-hybridized carbons (Fsp3) is 0.0909. The molecule has 3 aromatic carbocycles. The molecule has 0 fully saturated rings. The Balaban J connectivity index is 1.91. The molecule has 1 amide bonds. The second kappa shape index (κ2) is 10.8. The van der Waals surface area contributed by atoms with Crippen LogP contribution in [0.1, 0.15) is 15.9 Å². The molecule has 3 rings (SSSR count). The molecule has 0 aliphatic carbocycles. The summed E-state index contributed by atoms with van der Waals surface area (Å²) in [4.78, 5) is 23.4. The number of hydrogen-bond donors (Lipinski definition) is 3. The summed E-state index contributed by atoms with van der Waals surface area (Å²) in [5.41, 5.74) is -0.300. The number of carbonyl (C=O) groups is 2. The summed E-state index contributed by atoms with van der Waals surface area (Å²) < 4.78 is 55.4. The van der Waals surface area contributed by atoms with Crippen molar-refractivity contribution in [3.63, 3.8) is 0 Å². The van der Waals surface area contributed by atoms with Crippen LogP contribution in [0.4, 0.5) is 14.5 Å². The molecule has 0 spiro atoms. The number of carboxylic acids is 1. The van der Waals surface area contributed by atoms with Crippen LogP contribution in [-0.4, -0.2) is 31.4 Å². The third-order valence-corrected chi connectivity index (χ3v) is 7.08. The first-order valence-electron chi connectivity index (χ1n) is 9.63. The van der Waals surface area contributed by atoms with E-state index >= 15 is 0 Å². The molecule has 3 aromatic rings. The first-order valence-corrected chi connectivity index (χ1v) is 12.2. The monoisotopic (exact) mass is 562 g/mol. The molecule has 0 aliphatic rings. The molecule has 35 heavy (non-hydrogen) atoms. The molecule has 3 N–H and O–H groups in total. The smallest absolute Gasteiger partial charge is 0.326 e. The summed E-state index contributed by atoms with van der Waals surface area (Å²) in [6, 6.07) is 8.92. The van der Waals surface area contributed by atoms with E-state index in [0.717, 1.165) is 30.3 Å². The highest BCUT2D eigenvalue weighted by Gasteiger charge is 2.27. The fourth-order valence-electron chi connectivity index (χ4n) is 3.07. The van der Waals surface area contributed by atoms with Crippen LogP contribution < -0.4 is 10.0 Å². The first-order chi connectivity index (χ1) is 16.4. The Kier molecular flexibility index (Phi) is 8.22. The molecule has 1 atom stereocenters. The third kappa shape index (κ3) is 6.40. The van der Waals surface area contributed by atoms with Crippen LogP contribution in [0, 0.1) is 11.6 Å². The lowest BCUT2D eigenvalue weighted by atomic mass is 10.1. The van der Waals surface area contributed by atoms with E-state index in [4.69, 9.17) is 34.8 Å². The number of hydrogen-bond acceptors (Lipinski definition) is 4. The number of carbonyl (C=O) groups excluding carboxylic acids is 1. The van der Waals surface area contributed by atoms with Crippen molar-refractivity contribution in [2.24, 2.45) is 0 Å². The normalized spacial score (nSPS) is 12.1. The number of carboxylic acid groups (broad SMARTS) is 1. The van der Waals surface area contributed by atoms with Gasteiger partial charge in [0.2, 0.25) is 0 Å². The van der Waals surface area contributed by atoms with Crippen molar-refractivity contribution in [2.45, 2.75) is 17.4 Å². The molecule has 0 saturated heterocycles. The van der Waals surface area contributed by atoms with Gasteiger partial charge < -0.3 is 10.4 Å². The minimum absolute atomic E-state index is 0.00107. The maximum atomic E-state index is 14.1. The number of nitrogens with one attached hydrogen (secondary N) is 2. The summed E-state index contributed by atoms with van der Waals surface area (Å²) in [7, 11) is -4.83. The molecule has 0 aromatic heterocycles. The Morgan fingerprint density at radius 3 is 2.20 bits per heavy atom. The van der Waals surface area contributed by atoms with Gasteiger partial charge in [0.15, 0.2) is 4.90 Å². The van der Waals surface area contributed by atoms with E-state index in [1.54, 1.807) is 0 Å². The minimum Gasteiger partial charge on any atom is -0.480 e. The van der Waals surface area contributed by atoms with Crippen LogP contribution >= 0.6 is 34.8 Å². The lowest BCUT2D eigenvalue weighted by Crippen LogP contribution is -2.42. The van der Waals surface area contributed by atoms with Crippen LogP contribution in [0.25, 0.3) is 0 Å². The topological polar surface area (TPSA) is 113 Å². The van der Waals surface area contributed by atoms with Crippen molar-refractivity contribution in [2.75, 3.05) is 4.72 Å². The molecular weight excluding hydrogens is 549 g/mol. The molecule has 0 radical (unpaired) electrons. The van der Waals surface area contributed by atoms with Crippen LogP contribution in [0.5, 0.6) is 0 Å². The standard InChI is InChI=1S/C22H15Cl3F2N2O5S/c23-12-5-6-13(18(10-12)29-35(33,34)20-16(26)2-1-3-17(20)27)21(30)28-19(22(31)32)9-11-4-7-14(24)15(25)8-11/h1-8,10,19,29H,9H2,(H,28,30)(H,31,32)/t19-/m0/s1.